The standard InChI is InChI=1S/2C14H12O2.2C4H9.Sn/c2*15-14(16)13(11-7-3-1-4-8-11)12-9-5-2-6-10-12;2*1-3-4-2;/h2*1-10,13H,(H,15,16);2*1,3-4H2,2H3;/q;;;;+2/p-2. The van der Waals surface area contributed by atoms with Crippen molar-refractivity contribution >= 4 is 33.1 Å². The Kier molecular flexibility index (Phi) is 16.9. The second-order valence-corrected chi connectivity index (χ2v) is 13.9. The summed E-state index contributed by atoms with van der Waals surface area (Å²) in [5.74, 6) is -3.53. The van der Waals surface area contributed by atoms with Crippen LogP contribution in [0.4, 0.5) is 0 Å². The molecule has 0 N–H and O–H groups in total. The van der Waals surface area contributed by atoms with Gasteiger partial charge in [-0.15, -0.1) is 0 Å². The fourth-order valence-corrected chi connectivity index (χ4v) is 8.40. The molecular weight excluding hydrogens is 615 g/mol. The van der Waals surface area contributed by atoms with Crippen LogP contribution in [0, 0.1) is 0 Å². The first-order chi connectivity index (χ1) is 20.0. The summed E-state index contributed by atoms with van der Waals surface area (Å²) in [4.78, 5) is 22.4. The summed E-state index contributed by atoms with van der Waals surface area (Å²) in [5, 5.41) is 22.4. The Morgan fingerprint density at radius 3 is 0.951 bits per heavy atom. The molecule has 0 saturated heterocycles. The Labute approximate surface area is 255 Å². The monoisotopic (exact) mass is 656 g/mol. The van der Waals surface area contributed by atoms with Crippen LogP contribution in [0.5, 0.6) is 0 Å². The molecule has 0 radical (unpaired) electrons. The van der Waals surface area contributed by atoms with Gasteiger partial charge in [0.15, 0.2) is 0 Å². The first-order valence-corrected chi connectivity index (χ1v) is 18.3. The van der Waals surface area contributed by atoms with E-state index in [0.717, 1.165) is 22.3 Å². The molecule has 212 valence electrons. The minimum Gasteiger partial charge on any atom is -0.549 e. The second-order valence-electron chi connectivity index (χ2n) is 9.60. The molecule has 0 unspecified atom stereocenters. The van der Waals surface area contributed by atoms with Gasteiger partial charge in [-0.3, -0.25) is 0 Å². The first kappa shape index (κ1) is 33.8. The van der Waals surface area contributed by atoms with E-state index in [1.807, 2.05) is 72.8 Å². The maximum absolute atomic E-state index is 11.2. The molecule has 0 bridgehead atoms. The molecule has 0 aliphatic rings. The summed E-state index contributed by atoms with van der Waals surface area (Å²) < 4.78 is 3.25. The number of carboxylic acid groups (broad SMARTS) is 2. The smallest absolute Gasteiger partial charge is 0.0533 e. The zero-order chi connectivity index (χ0) is 29.7. The molecule has 0 fully saturated rings. The predicted molar refractivity (Wildman–Crippen MR) is 165 cm³/mol. The zero-order valence-corrected chi connectivity index (χ0v) is 26.9. The Morgan fingerprint density at radius 2 is 0.756 bits per heavy atom. The van der Waals surface area contributed by atoms with Crippen molar-refractivity contribution in [2.75, 3.05) is 0 Å². The number of carbonyl (C=O) groups excluding carboxylic acids is 2. The molecule has 0 aliphatic heterocycles. The van der Waals surface area contributed by atoms with Crippen molar-refractivity contribution in [1.29, 1.82) is 0 Å². The predicted octanol–water partition coefficient (Wildman–Crippen LogP) is 6.26. The minimum atomic E-state index is -1.07. The molecule has 4 aromatic rings. The average molecular weight is 655 g/mol. The van der Waals surface area contributed by atoms with Crippen LogP contribution in [0.15, 0.2) is 121 Å². The van der Waals surface area contributed by atoms with Gasteiger partial charge >= 0.3 is 69.5 Å². The Hall–Kier alpha value is -3.38. The fraction of sp³-hybridized carbons (Fsp3) is 0.278. The SMILES string of the molecule is CCC[CH2][Sn+2][CH2]CCC.O=C([O-])C(c1ccccc1)c1ccccc1.O=C([O-])C(c1ccccc1)c1ccccc1. The van der Waals surface area contributed by atoms with E-state index in [0.29, 0.717) is 0 Å². The Balaban J connectivity index is 0.000000225. The Bertz CT molecular complexity index is 1050. The van der Waals surface area contributed by atoms with Gasteiger partial charge in [0.05, 0.1) is 11.9 Å². The number of rotatable bonds is 12. The average Bonchev–Trinajstić information content (AvgIpc) is 3.00. The third kappa shape index (κ3) is 12.8. The van der Waals surface area contributed by atoms with E-state index < -0.39 is 23.8 Å². The van der Waals surface area contributed by atoms with Crippen molar-refractivity contribution in [3.63, 3.8) is 0 Å². The third-order valence-electron chi connectivity index (χ3n) is 6.42. The summed E-state index contributed by atoms with van der Waals surface area (Å²) in [6, 6.07) is 36.5. The molecule has 4 aromatic carbocycles. The fourth-order valence-electron chi connectivity index (χ4n) is 4.24. The molecule has 5 heteroatoms. The van der Waals surface area contributed by atoms with Gasteiger partial charge in [-0.05, 0) is 22.3 Å². The molecule has 4 rings (SSSR count). The normalized spacial score (nSPS) is 10.0. The number of carboxylic acids is 2. The van der Waals surface area contributed by atoms with Gasteiger partial charge in [-0.1, -0.05) is 121 Å². The van der Waals surface area contributed by atoms with Gasteiger partial charge in [0.1, 0.15) is 0 Å². The number of benzene rings is 4. The van der Waals surface area contributed by atoms with Gasteiger partial charge in [0, 0.05) is 11.8 Å². The van der Waals surface area contributed by atoms with Crippen molar-refractivity contribution in [2.45, 2.75) is 60.2 Å². The summed E-state index contributed by atoms with van der Waals surface area (Å²) in [6.45, 7) is 4.58. The number of carbonyl (C=O) groups is 2. The van der Waals surface area contributed by atoms with Crippen molar-refractivity contribution in [3.05, 3.63) is 144 Å². The van der Waals surface area contributed by atoms with Crippen LogP contribution in [0.25, 0.3) is 0 Å². The van der Waals surface area contributed by atoms with Crippen LogP contribution < -0.4 is 10.2 Å². The number of hydrogen-bond donors (Lipinski definition) is 0. The topological polar surface area (TPSA) is 80.3 Å². The molecule has 0 spiro atoms. The van der Waals surface area contributed by atoms with E-state index in [1.54, 1.807) is 57.4 Å². The van der Waals surface area contributed by atoms with Crippen molar-refractivity contribution in [1.82, 2.24) is 0 Å². The van der Waals surface area contributed by atoms with Gasteiger partial charge in [0.25, 0.3) is 0 Å². The van der Waals surface area contributed by atoms with E-state index in [9.17, 15) is 19.8 Å². The maximum Gasteiger partial charge on any atom is 0.0533 e. The van der Waals surface area contributed by atoms with Crippen LogP contribution in [-0.2, 0) is 9.59 Å². The van der Waals surface area contributed by atoms with Gasteiger partial charge in [0.2, 0.25) is 0 Å². The van der Waals surface area contributed by atoms with Crippen LogP contribution in [0.2, 0.25) is 8.87 Å². The van der Waals surface area contributed by atoms with Crippen molar-refractivity contribution < 1.29 is 19.8 Å². The molecule has 4 nitrogen and oxygen atoms in total. The summed E-state index contributed by atoms with van der Waals surface area (Å²) in [7, 11) is 0. The summed E-state index contributed by atoms with van der Waals surface area (Å²) in [5.41, 5.74) is 2.98. The molecule has 0 heterocycles. The third-order valence-corrected chi connectivity index (χ3v) is 10.5. The number of unbranched alkanes of at least 4 members (excludes halogenated alkanes) is 2. The van der Waals surface area contributed by atoms with E-state index >= 15 is 0 Å². The maximum atomic E-state index is 11.2. The van der Waals surface area contributed by atoms with Crippen LogP contribution in [0.3, 0.4) is 0 Å². The molecular formula is C36H40O4Sn. The van der Waals surface area contributed by atoms with Gasteiger partial charge in [-0.25, -0.2) is 0 Å². The van der Waals surface area contributed by atoms with Crippen molar-refractivity contribution in [3.8, 4) is 0 Å². The largest absolute Gasteiger partial charge is 0.549 e. The Morgan fingerprint density at radius 1 is 0.512 bits per heavy atom. The number of aliphatic carboxylic acids is 2. The van der Waals surface area contributed by atoms with E-state index in [2.05, 4.69) is 13.8 Å². The minimum absolute atomic E-state index is 0.149. The van der Waals surface area contributed by atoms with Crippen LogP contribution >= 0.6 is 0 Å². The zero-order valence-electron chi connectivity index (χ0n) is 24.1. The molecule has 0 amide bonds. The van der Waals surface area contributed by atoms with Gasteiger partial charge in [-0.2, -0.15) is 0 Å². The van der Waals surface area contributed by atoms with E-state index in [-0.39, 0.29) is 21.1 Å². The summed E-state index contributed by atoms with van der Waals surface area (Å²) >= 11 is 0.149. The molecule has 0 saturated carbocycles. The van der Waals surface area contributed by atoms with Crippen LogP contribution in [-0.4, -0.2) is 33.1 Å². The first-order valence-electron chi connectivity index (χ1n) is 14.3. The van der Waals surface area contributed by atoms with Crippen molar-refractivity contribution in [2.24, 2.45) is 0 Å². The van der Waals surface area contributed by atoms with Crippen LogP contribution in [0.1, 0.15) is 73.6 Å². The van der Waals surface area contributed by atoms with Gasteiger partial charge < -0.3 is 19.8 Å². The molecule has 41 heavy (non-hydrogen) atoms. The molecule has 0 aliphatic carbocycles. The van der Waals surface area contributed by atoms with E-state index in [4.69, 9.17) is 0 Å². The summed E-state index contributed by atoms with van der Waals surface area (Å²) in [6.07, 6.45) is 5.84. The molecule has 0 atom stereocenters. The molecule has 0 aromatic heterocycles. The quantitative estimate of drug-likeness (QED) is 0.133. The second kappa shape index (κ2) is 20.5. The number of hydrogen-bond acceptors (Lipinski definition) is 4. The van der Waals surface area contributed by atoms with E-state index in [1.165, 1.54) is 25.7 Å².